The zero-order chi connectivity index (χ0) is 15.4. The fourth-order valence-electron chi connectivity index (χ4n) is 1.09. The number of terminal acetylenes is 1. The molecule has 0 spiro atoms. The van der Waals surface area contributed by atoms with Crippen LogP contribution in [0.5, 0.6) is 5.75 Å². The van der Waals surface area contributed by atoms with Gasteiger partial charge in [0.25, 0.3) is 10.3 Å². The highest BCUT2D eigenvalue weighted by Gasteiger charge is 2.14. The van der Waals surface area contributed by atoms with Crippen LogP contribution in [0.2, 0.25) is 0 Å². The molecule has 1 aromatic rings. The summed E-state index contributed by atoms with van der Waals surface area (Å²) < 4.78 is 66.0. The summed E-state index contributed by atoms with van der Waals surface area (Å²) in [6.45, 7) is -0.208. The molecule has 0 saturated heterocycles. The van der Waals surface area contributed by atoms with Gasteiger partial charge in [-0.3, -0.25) is 0 Å². The van der Waals surface area contributed by atoms with Gasteiger partial charge >= 0.3 is 10.5 Å². The Kier molecular flexibility index (Phi) is 5.04. The van der Waals surface area contributed by atoms with E-state index in [2.05, 4.69) is 14.5 Å². The van der Waals surface area contributed by atoms with Gasteiger partial charge in [0.15, 0.2) is 0 Å². The lowest BCUT2D eigenvalue weighted by Gasteiger charge is -2.10. The van der Waals surface area contributed by atoms with Crippen LogP contribution in [0.1, 0.15) is 0 Å². The van der Waals surface area contributed by atoms with Crippen LogP contribution in [-0.4, -0.2) is 30.5 Å². The fraction of sp³-hybridized carbons (Fsp3) is 0.200. The molecule has 20 heavy (non-hydrogen) atoms. The van der Waals surface area contributed by atoms with E-state index in [1.165, 1.54) is 7.05 Å². The van der Waals surface area contributed by atoms with Crippen molar-refractivity contribution >= 4 is 26.5 Å². The SMILES string of the molecule is C#CCN(C)S(=O)(F)=Nc1ccc(OS(=O)(=O)F)cc1. The minimum absolute atomic E-state index is 0.0509. The number of hydrogen-bond acceptors (Lipinski definition) is 5. The molecule has 1 aromatic carbocycles. The Morgan fingerprint density at radius 1 is 1.30 bits per heavy atom. The molecule has 0 radical (unpaired) electrons. The zero-order valence-corrected chi connectivity index (χ0v) is 11.8. The maximum atomic E-state index is 13.7. The summed E-state index contributed by atoms with van der Waals surface area (Å²) in [6.07, 6.45) is 4.96. The number of benzene rings is 1. The average molecular weight is 324 g/mol. The third kappa shape index (κ3) is 5.12. The quantitative estimate of drug-likeness (QED) is 0.611. The molecule has 0 saturated carbocycles. The van der Waals surface area contributed by atoms with Crippen LogP contribution >= 0.6 is 0 Å². The first kappa shape index (κ1) is 16.4. The van der Waals surface area contributed by atoms with Gasteiger partial charge in [-0.25, -0.2) is 0 Å². The van der Waals surface area contributed by atoms with Crippen molar-refractivity contribution in [2.45, 2.75) is 0 Å². The van der Waals surface area contributed by atoms with E-state index in [-0.39, 0.29) is 18.0 Å². The Morgan fingerprint density at radius 3 is 2.30 bits per heavy atom. The minimum Gasteiger partial charge on any atom is -0.358 e. The lowest BCUT2D eigenvalue weighted by atomic mass is 10.3. The lowest BCUT2D eigenvalue weighted by Crippen LogP contribution is -2.22. The van der Waals surface area contributed by atoms with Crippen LogP contribution in [0.3, 0.4) is 0 Å². The first-order valence-corrected chi connectivity index (χ1v) is 7.68. The van der Waals surface area contributed by atoms with Gasteiger partial charge in [-0.05, 0) is 24.3 Å². The van der Waals surface area contributed by atoms with E-state index < -0.39 is 20.8 Å². The van der Waals surface area contributed by atoms with Crippen LogP contribution in [0.4, 0.5) is 13.5 Å². The first-order valence-electron chi connectivity index (χ1n) is 5.00. The third-order valence-corrected chi connectivity index (χ3v) is 3.67. The zero-order valence-electron chi connectivity index (χ0n) is 10.2. The lowest BCUT2D eigenvalue weighted by molar-refractivity contribution is 0.440. The van der Waals surface area contributed by atoms with Crippen molar-refractivity contribution in [3.63, 3.8) is 0 Å². The monoisotopic (exact) mass is 324 g/mol. The molecule has 10 heteroatoms. The van der Waals surface area contributed by atoms with E-state index in [1.807, 2.05) is 0 Å². The van der Waals surface area contributed by atoms with Crippen molar-refractivity contribution in [1.82, 2.24) is 4.31 Å². The highest BCUT2D eigenvalue weighted by Crippen LogP contribution is 2.22. The number of nitrogens with zero attached hydrogens (tertiary/aromatic N) is 2. The Labute approximate surface area is 116 Å². The molecule has 0 aliphatic carbocycles. The number of hydrogen-bond donors (Lipinski definition) is 0. The molecule has 0 N–H and O–H groups in total. The summed E-state index contributed by atoms with van der Waals surface area (Å²) in [5.74, 6) is 1.79. The molecule has 110 valence electrons. The van der Waals surface area contributed by atoms with Crippen LogP contribution in [0, 0.1) is 12.3 Å². The van der Waals surface area contributed by atoms with Gasteiger partial charge in [0.05, 0.1) is 12.2 Å². The van der Waals surface area contributed by atoms with Crippen LogP contribution < -0.4 is 4.18 Å². The van der Waals surface area contributed by atoms with Crippen molar-refractivity contribution in [2.75, 3.05) is 13.6 Å². The molecule has 0 aliphatic heterocycles. The highest BCUT2D eigenvalue weighted by molar-refractivity contribution is 7.86. The van der Waals surface area contributed by atoms with Gasteiger partial charge < -0.3 is 4.18 Å². The first-order chi connectivity index (χ1) is 9.14. The molecule has 0 heterocycles. The van der Waals surface area contributed by atoms with Gasteiger partial charge in [0.2, 0.25) is 0 Å². The van der Waals surface area contributed by atoms with Gasteiger partial charge in [0, 0.05) is 7.05 Å². The van der Waals surface area contributed by atoms with Crippen molar-refractivity contribution in [1.29, 1.82) is 0 Å². The Morgan fingerprint density at radius 2 is 1.85 bits per heavy atom. The second-order valence-electron chi connectivity index (χ2n) is 3.48. The van der Waals surface area contributed by atoms with E-state index in [9.17, 15) is 20.4 Å². The summed E-state index contributed by atoms with van der Waals surface area (Å²) >= 11 is 0. The van der Waals surface area contributed by atoms with Gasteiger partial charge in [-0.1, -0.05) is 9.81 Å². The molecular formula is C10H10F2N2O4S2. The van der Waals surface area contributed by atoms with Gasteiger partial charge in [-0.15, -0.1) is 10.3 Å². The molecule has 0 aliphatic rings. The van der Waals surface area contributed by atoms with Crippen LogP contribution in [0.25, 0.3) is 0 Å². The summed E-state index contributed by atoms with van der Waals surface area (Å²) in [5.41, 5.74) is -0.0509. The maximum Gasteiger partial charge on any atom is 0.488 e. The van der Waals surface area contributed by atoms with Crippen LogP contribution in [0.15, 0.2) is 28.6 Å². The Hall–Kier alpha value is -1.70. The smallest absolute Gasteiger partial charge is 0.358 e. The average Bonchev–Trinajstić information content (AvgIpc) is 2.30. The van der Waals surface area contributed by atoms with Crippen molar-refractivity contribution in [3.8, 4) is 18.1 Å². The largest absolute Gasteiger partial charge is 0.488 e. The van der Waals surface area contributed by atoms with Gasteiger partial charge in [-0.2, -0.15) is 21.3 Å². The summed E-state index contributed by atoms with van der Waals surface area (Å²) in [5, 5.41) is 0. The predicted molar refractivity (Wildman–Crippen MR) is 69.9 cm³/mol. The molecule has 1 unspecified atom stereocenters. The summed E-state index contributed by atoms with van der Waals surface area (Å²) in [7, 11) is -8.13. The van der Waals surface area contributed by atoms with E-state index in [0.29, 0.717) is 0 Å². The van der Waals surface area contributed by atoms with E-state index in [4.69, 9.17) is 6.42 Å². The van der Waals surface area contributed by atoms with E-state index in [1.54, 1.807) is 0 Å². The molecule has 1 atom stereocenters. The summed E-state index contributed by atoms with van der Waals surface area (Å²) in [6, 6.07) is 4.30. The summed E-state index contributed by atoms with van der Waals surface area (Å²) in [4.78, 5) is 0. The van der Waals surface area contributed by atoms with E-state index in [0.717, 1.165) is 28.6 Å². The van der Waals surface area contributed by atoms with Crippen molar-refractivity contribution in [3.05, 3.63) is 24.3 Å². The molecule has 1 rings (SSSR count). The highest BCUT2D eigenvalue weighted by atomic mass is 32.3. The topological polar surface area (TPSA) is 76.0 Å². The second-order valence-corrected chi connectivity index (χ2v) is 6.11. The Bertz CT molecular complexity index is 732. The molecular weight excluding hydrogens is 314 g/mol. The fourth-order valence-corrected chi connectivity index (χ4v) is 2.18. The Balaban J connectivity index is 3.01. The number of rotatable bonds is 5. The maximum absolute atomic E-state index is 13.7. The predicted octanol–water partition coefficient (Wildman–Crippen LogP) is 1.74. The number of halogens is 2. The molecule has 0 aromatic heterocycles. The molecule has 0 bridgehead atoms. The minimum atomic E-state index is -5.14. The standard InChI is InChI=1S/C10H10F2N2O4S2/c1-3-8-14(2)19(11,15)13-9-4-6-10(7-5-9)18-20(12,16)17/h1,4-7H,8H2,2H3. The molecule has 0 amide bonds. The second kappa shape index (κ2) is 6.17. The molecule has 6 nitrogen and oxygen atoms in total. The van der Waals surface area contributed by atoms with E-state index >= 15 is 0 Å². The normalized spacial score (nSPS) is 14.3. The van der Waals surface area contributed by atoms with Crippen LogP contribution in [-0.2, 0) is 20.8 Å². The molecule has 0 fully saturated rings. The van der Waals surface area contributed by atoms with Gasteiger partial charge in [0.1, 0.15) is 5.75 Å². The third-order valence-electron chi connectivity index (χ3n) is 1.95. The van der Waals surface area contributed by atoms with Crippen molar-refractivity contribution in [2.24, 2.45) is 4.36 Å². The van der Waals surface area contributed by atoms with Crippen molar-refractivity contribution < 1.29 is 24.6 Å².